The Morgan fingerprint density at radius 1 is 1.06 bits per heavy atom. The lowest BCUT2D eigenvalue weighted by Crippen LogP contribution is -2.29. The van der Waals surface area contributed by atoms with Crippen LogP contribution >= 0.6 is 11.6 Å². The molecule has 0 radical (unpaired) electrons. The van der Waals surface area contributed by atoms with Gasteiger partial charge in [-0.15, -0.1) is 0 Å². The number of carbonyl (C=O) groups excluding carboxylic acids is 1. The number of carbonyl (C=O) groups is 1. The summed E-state index contributed by atoms with van der Waals surface area (Å²) in [6.07, 6.45) is 1.62. The standard InChI is InChI=1S/C28H21ClFNO5/c1-3-13-35-22-11-5-16(14-23(22)34-4-2)25-24-26(32)20-15-17(29)6-12-21(20)36-27(24)28(33)31(25)19-9-7-18(30)8-10-19/h3,5-12,14-15,25H,1,4,13H2,2H3. The monoisotopic (exact) mass is 505 g/mol. The highest BCUT2D eigenvalue weighted by Gasteiger charge is 2.44. The molecular formula is C28H21ClFNO5. The molecule has 0 fully saturated rings. The van der Waals surface area contributed by atoms with Gasteiger partial charge in [0, 0.05) is 10.7 Å². The highest BCUT2D eigenvalue weighted by Crippen LogP contribution is 2.43. The Bertz CT molecular complexity index is 1550. The van der Waals surface area contributed by atoms with Gasteiger partial charge in [0.25, 0.3) is 5.91 Å². The van der Waals surface area contributed by atoms with E-state index in [4.69, 9.17) is 25.5 Å². The van der Waals surface area contributed by atoms with E-state index in [0.29, 0.717) is 34.4 Å². The molecule has 1 aliphatic rings. The van der Waals surface area contributed by atoms with E-state index >= 15 is 0 Å². The lowest BCUT2D eigenvalue weighted by molar-refractivity contribution is 0.0971. The quantitative estimate of drug-likeness (QED) is 0.276. The number of nitrogens with zero attached hydrogens (tertiary/aromatic N) is 1. The van der Waals surface area contributed by atoms with Crippen molar-refractivity contribution < 1.29 is 23.1 Å². The van der Waals surface area contributed by atoms with Gasteiger partial charge in [-0.05, 0) is 67.1 Å². The fraction of sp³-hybridized carbons (Fsp3) is 0.143. The molecule has 0 spiro atoms. The SMILES string of the molecule is C=CCOc1ccc(C2c3c(oc4ccc(Cl)cc4c3=O)C(=O)N2c2ccc(F)cc2)cc1OCC. The average Bonchev–Trinajstić information content (AvgIpc) is 3.17. The number of halogens is 2. The van der Waals surface area contributed by atoms with Crippen LogP contribution in [0.2, 0.25) is 5.02 Å². The molecule has 182 valence electrons. The summed E-state index contributed by atoms with van der Waals surface area (Å²) < 4.78 is 31.1. The molecule has 4 aromatic rings. The molecule has 1 unspecified atom stereocenters. The Hall–Kier alpha value is -4.10. The molecule has 0 N–H and O–H groups in total. The van der Waals surface area contributed by atoms with Gasteiger partial charge in [0.1, 0.15) is 18.0 Å². The summed E-state index contributed by atoms with van der Waals surface area (Å²) in [5, 5.41) is 0.629. The first-order valence-corrected chi connectivity index (χ1v) is 11.7. The molecule has 36 heavy (non-hydrogen) atoms. The second kappa shape index (κ2) is 9.51. The topological polar surface area (TPSA) is 69.0 Å². The molecule has 6 nitrogen and oxygen atoms in total. The van der Waals surface area contributed by atoms with Gasteiger partial charge in [0.05, 0.1) is 23.6 Å². The zero-order valence-electron chi connectivity index (χ0n) is 19.3. The Morgan fingerprint density at radius 2 is 1.83 bits per heavy atom. The smallest absolute Gasteiger partial charge is 0.295 e. The minimum Gasteiger partial charge on any atom is -0.490 e. The van der Waals surface area contributed by atoms with Crippen molar-refractivity contribution >= 4 is 34.2 Å². The average molecular weight is 506 g/mol. The molecule has 5 rings (SSSR count). The van der Waals surface area contributed by atoms with Crippen LogP contribution in [-0.4, -0.2) is 19.1 Å². The fourth-order valence-corrected chi connectivity index (χ4v) is 4.53. The molecule has 0 saturated heterocycles. The Balaban J connectivity index is 1.75. The van der Waals surface area contributed by atoms with E-state index in [2.05, 4.69) is 6.58 Å². The predicted molar refractivity (Wildman–Crippen MR) is 136 cm³/mol. The largest absolute Gasteiger partial charge is 0.490 e. The summed E-state index contributed by atoms with van der Waals surface area (Å²) >= 11 is 6.15. The molecular weight excluding hydrogens is 485 g/mol. The first kappa shape index (κ1) is 23.6. The first-order chi connectivity index (χ1) is 17.4. The van der Waals surface area contributed by atoms with Crippen LogP contribution in [0, 0.1) is 5.82 Å². The van der Waals surface area contributed by atoms with Crippen molar-refractivity contribution in [2.24, 2.45) is 0 Å². The number of amides is 1. The number of anilines is 1. The van der Waals surface area contributed by atoms with Crippen molar-refractivity contribution in [3.8, 4) is 11.5 Å². The van der Waals surface area contributed by atoms with Crippen LogP contribution in [0.5, 0.6) is 11.5 Å². The molecule has 0 aliphatic carbocycles. The molecule has 0 saturated carbocycles. The third kappa shape index (κ3) is 4.01. The number of benzene rings is 3. The normalized spacial score (nSPS) is 14.7. The van der Waals surface area contributed by atoms with Gasteiger partial charge >= 0.3 is 0 Å². The number of ether oxygens (including phenoxy) is 2. The lowest BCUT2D eigenvalue weighted by atomic mass is 9.97. The number of rotatable bonds is 7. The van der Waals surface area contributed by atoms with Crippen LogP contribution in [0.4, 0.5) is 10.1 Å². The van der Waals surface area contributed by atoms with Gasteiger partial charge in [0.2, 0.25) is 5.76 Å². The summed E-state index contributed by atoms with van der Waals surface area (Å²) in [6, 6.07) is 14.5. The minimum absolute atomic E-state index is 0.0749. The van der Waals surface area contributed by atoms with E-state index in [-0.39, 0.29) is 34.3 Å². The Kier molecular flexibility index (Phi) is 6.24. The number of hydrogen-bond donors (Lipinski definition) is 0. The summed E-state index contributed by atoms with van der Waals surface area (Å²) in [5.74, 6) is -0.0910. The van der Waals surface area contributed by atoms with Gasteiger partial charge in [-0.1, -0.05) is 30.3 Å². The summed E-state index contributed by atoms with van der Waals surface area (Å²) in [4.78, 5) is 28.8. The van der Waals surface area contributed by atoms with Crippen LogP contribution in [0.15, 0.2) is 82.5 Å². The zero-order valence-corrected chi connectivity index (χ0v) is 20.0. The number of hydrogen-bond acceptors (Lipinski definition) is 5. The maximum atomic E-state index is 13.7. The Labute approximate surface area is 211 Å². The van der Waals surface area contributed by atoms with Crippen molar-refractivity contribution in [2.45, 2.75) is 13.0 Å². The Morgan fingerprint density at radius 3 is 2.56 bits per heavy atom. The molecule has 1 amide bonds. The third-order valence-corrected chi connectivity index (χ3v) is 6.11. The predicted octanol–water partition coefficient (Wildman–Crippen LogP) is 6.30. The second-order valence-electron chi connectivity index (χ2n) is 8.11. The highest BCUT2D eigenvalue weighted by atomic mass is 35.5. The van der Waals surface area contributed by atoms with E-state index in [9.17, 15) is 14.0 Å². The number of fused-ring (bicyclic) bond motifs is 2. The lowest BCUT2D eigenvalue weighted by Gasteiger charge is -2.26. The third-order valence-electron chi connectivity index (χ3n) is 5.88. The van der Waals surface area contributed by atoms with E-state index in [0.717, 1.165) is 0 Å². The van der Waals surface area contributed by atoms with Crippen molar-refractivity contribution in [3.63, 3.8) is 0 Å². The summed E-state index contributed by atoms with van der Waals surface area (Å²) in [6.45, 7) is 6.16. The van der Waals surface area contributed by atoms with E-state index in [1.165, 1.54) is 35.2 Å². The molecule has 0 bridgehead atoms. The van der Waals surface area contributed by atoms with E-state index in [1.54, 1.807) is 36.4 Å². The van der Waals surface area contributed by atoms with Crippen LogP contribution in [0.1, 0.15) is 34.6 Å². The van der Waals surface area contributed by atoms with Crippen LogP contribution in [-0.2, 0) is 0 Å². The van der Waals surface area contributed by atoms with Gasteiger partial charge in [0.15, 0.2) is 16.9 Å². The van der Waals surface area contributed by atoms with E-state index in [1.807, 2.05) is 6.92 Å². The van der Waals surface area contributed by atoms with Crippen LogP contribution in [0.3, 0.4) is 0 Å². The fourth-order valence-electron chi connectivity index (χ4n) is 4.36. The van der Waals surface area contributed by atoms with Crippen LogP contribution < -0.4 is 19.8 Å². The van der Waals surface area contributed by atoms with E-state index < -0.39 is 17.8 Å². The highest BCUT2D eigenvalue weighted by molar-refractivity contribution is 6.31. The zero-order chi connectivity index (χ0) is 25.4. The summed E-state index contributed by atoms with van der Waals surface area (Å²) in [5.41, 5.74) is 1.04. The molecule has 2 heterocycles. The van der Waals surface area contributed by atoms with Crippen molar-refractivity contribution in [1.29, 1.82) is 0 Å². The van der Waals surface area contributed by atoms with Crippen molar-refractivity contribution in [3.05, 3.63) is 111 Å². The van der Waals surface area contributed by atoms with Crippen molar-refractivity contribution in [2.75, 3.05) is 18.1 Å². The molecule has 3 aromatic carbocycles. The minimum atomic E-state index is -0.856. The molecule has 1 aliphatic heterocycles. The first-order valence-electron chi connectivity index (χ1n) is 11.3. The second-order valence-corrected chi connectivity index (χ2v) is 8.54. The van der Waals surface area contributed by atoms with Crippen molar-refractivity contribution in [1.82, 2.24) is 0 Å². The van der Waals surface area contributed by atoms with Gasteiger partial charge < -0.3 is 13.9 Å². The van der Waals surface area contributed by atoms with Gasteiger partial charge in [-0.25, -0.2) is 4.39 Å². The van der Waals surface area contributed by atoms with Crippen LogP contribution in [0.25, 0.3) is 11.0 Å². The summed E-state index contributed by atoms with van der Waals surface area (Å²) in [7, 11) is 0. The maximum absolute atomic E-state index is 13.7. The maximum Gasteiger partial charge on any atom is 0.295 e. The van der Waals surface area contributed by atoms with Gasteiger partial charge in [-0.2, -0.15) is 0 Å². The van der Waals surface area contributed by atoms with Gasteiger partial charge in [-0.3, -0.25) is 14.5 Å². The molecule has 1 atom stereocenters. The molecule has 8 heteroatoms. The molecule has 1 aromatic heterocycles.